The lowest BCUT2D eigenvalue weighted by Gasteiger charge is -2.15. The van der Waals surface area contributed by atoms with Crippen molar-refractivity contribution in [2.75, 3.05) is 20.1 Å². The molecule has 0 aliphatic heterocycles. The van der Waals surface area contributed by atoms with E-state index in [0.717, 1.165) is 24.6 Å². The predicted octanol–water partition coefficient (Wildman–Crippen LogP) is 3.25. The van der Waals surface area contributed by atoms with Crippen LogP contribution in [0.2, 0.25) is 5.02 Å². The summed E-state index contributed by atoms with van der Waals surface area (Å²) in [5.74, 6) is 1.08. The van der Waals surface area contributed by atoms with Crippen molar-refractivity contribution >= 4 is 17.4 Å². The highest BCUT2D eigenvalue weighted by atomic mass is 35.5. The number of Topliss-reactive ketones (excluding diaryl/α,β-unsaturated/α-hetero) is 1. The Bertz CT molecular complexity index is 384. The highest BCUT2D eigenvalue weighted by molar-refractivity contribution is 6.30. The summed E-state index contributed by atoms with van der Waals surface area (Å²) in [4.78, 5) is 14.1. The third-order valence-corrected chi connectivity index (χ3v) is 3.41. The minimum atomic E-state index is 0.198. The molecule has 0 unspecified atom stereocenters. The SMILES string of the molecule is CN(CCC(=O)c1ccc(Cl)cc1)CC1CC1. The van der Waals surface area contributed by atoms with Gasteiger partial charge in [0.1, 0.15) is 0 Å². The van der Waals surface area contributed by atoms with Gasteiger partial charge in [-0.3, -0.25) is 4.79 Å². The third kappa shape index (κ3) is 4.14. The molecular formula is C14H18ClNO. The Labute approximate surface area is 108 Å². The van der Waals surface area contributed by atoms with Crippen molar-refractivity contribution in [1.29, 1.82) is 0 Å². The Balaban J connectivity index is 1.77. The Hall–Kier alpha value is -0.860. The molecule has 1 fully saturated rings. The van der Waals surface area contributed by atoms with Crippen LogP contribution in [-0.4, -0.2) is 30.8 Å². The van der Waals surface area contributed by atoms with Gasteiger partial charge in [0.25, 0.3) is 0 Å². The largest absolute Gasteiger partial charge is 0.306 e. The normalized spacial score (nSPS) is 15.2. The molecule has 0 radical (unpaired) electrons. The first-order chi connectivity index (χ1) is 8.15. The van der Waals surface area contributed by atoms with Crippen LogP contribution in [0.1, 0.15) is 29.6 Å². The number of hydrogen-bond donors (Lipinski definition) is 0. The van der Waals surface area contributed by atoms with Crippen molar-refractivity contribution in [3.63, 3.8) is 0 Å². The number of halogens is 1. The zero-order chi connectivity index (χ0) is 12.3. The lowest BCUT2D eigenvalue weighted by Crippen LogP contribution is -2.24. The first-order valence-electron chi connectivity index (χ1n) is 6.12. The van der Waals surface area contributed by atoms with Gasteiger partial charge in [0.15, 0.2) is 5.78 Å². The summed E-state index contributed by atoms with van der Waals surface area (Å²) in [6.07, 6.45) is 3.30. The van der Waals surface area contributed by atoms with Gasteiger partial charge in [-0.15, -0.1) is 0 Å². The second-order valence-corrected chi connectivity index (χ2v) is 5.32. The number of nitrogens with zero attached hydrogens (tertiary/aromatic N) is 1. The van der Waals surface area contributed by atoms with Gasteiger partial charge in [-0.05, 0) is 50.1 Å². The van der Waals surface area contributed by atoms with E-state index in [1.165, 1.54) is 12.8 Å². The highest BCUT2D eigenvalue weighted by Gasteiger charge is 2.22. The standard InChI is InChI=1S/C14H18ClNO/c1-16(10-11-2-3-11)9-8-14(17)12-4-6-13(15)7-5-12/h4-7,11H,2-3,8-10H2,1H3. The van der Waals surface area contributed by atoms with Crippen molar-refractivity contribution in [2.45, 2.75) is 19.3 Å². The summed E-state index contributed by atoms with van der Waals surface area (Å²) in [5.41, 5.74) is 0.759. The average Bonchev–Trinajstić information content (AvgIpc) is 3.11. The summed E-state index contributed by atoms with van der Waals surface area (Å²) >= 11 is 5.79. The van der Waals surface area contributed by atoms with E-state index in [4.69, 9.17) is 11.6 Å². The van der Waals surface area contributed by atoms with Crippen LogP contribution in [-0.2, 0) is 0 Å². The van der Waals surface area contributed by atoms with Crippen molar-refractivity contribution < 1.29 is 4.79 Å². The predicted molar refractivity (Wildman–Crippen MR) is 70.6 cm³/mol. The van der Waals surface area contributed by atoms with E-state index in [9.17, 15) is 4.79 Å². The molecule has 0 aromatic heterocycles. The van der Waals surface area contributed by atoms with Crippen LogP contribution in [0, 0.1) is 5.92 Å². The summed E-state index contributed by atoms with van der Waals surface area (Å²) in [7, 11) is 2.09. The molecule has 1 aliphatic rings. The topological polar surface area (TPSA) is 20.3 Å². The van der Waals surface area contributed by atoms with Gasteiger partial charge in [-0.1, -0.05) is 11.6 Å². The fourth-order valence-corrected chi connectivity index (χ4v) is 2.03. The van der Waals surface area contributed by atoms with Crippen LogP contribution in [0.25, 0.3) is 0 Å². The van der Waals surface area contributed by atoms with E-state index >= 15 is 0 Å². The fraction of sp³-hybridized carbons (Fsp3) is 0.500. The van der Waals surface area contributed by atoms with E-state index < -0.39 is 0 Å². The van der Waals surface area contributed by atoms with Crippen molar-refractivity contribution in [3.05, 3.63) is 34.9 Å². The van der Waals surface area contributed by atoms with Gasteiger partial charge in [0.2, 0.25) is 0 Å². The second kappa shape index (κ2) is 5.65. The lowest BCUT2D eigenvalue weighted by molar-refractivity contribution is 0.0968. The summed E-state index contributed by atoms with van der Waals surface area (Å²) in [6, 6.07) is 7.13. The quantitative estimate of drug-likeness (QED) is 0.724. The van der Waals surface area contributed by atoms with Crippen LogP contribution in [0.5, 0.6) is 0 Å². The smallest absolute Gasteiger partial charge is 0.164 e. The van der Waals surface area contributed by atoms with E-state index in [0.29, 0.717) is 11.4 Å². The van der Waals surface area contributed by atoms with E-state index in [-0.39, 0.29) is 5.78 Å². The fourth-order valence-electron chi connectivity index (χ4n) is 1.91. The molecule has 0 heterocycles. The maximum Gasteiger partial charge on any atom is 0.164 e. The molecular weight excluding hydrogens is 234 g/mol. The molecule has 3 heteroatoms. The Kier molecular flexibility index (Phi) is 4.19. The van der Waals surface area contributed by atoms with Crippen LogP contribution in [0.15, 0.2) is 24.3 Å². The second-order valence-electron chi connectivity index (χ2n) is 4.89. The molecule has 1 aromatic rings. The Morgan fingerprint density at radius 3 is 2.59 bits per heavy atom. The number of rotatable bonds is 6. The molecule has 1 aliphatic carbocycles. The number of carbonyl (C=O) groups excluding carboxylic acids is 1. The number of ketones is 1. The molecule has 0 bridgehead atoms. The van der Waals surface area contributed by atoms with Gasteiger partial charge < -0.3 is 4.90 Å². The summed E-state index contributed by atoms with van der Waals surface area (Å²) < 4.78 is 0. The van der Waals surface area contributed by atoms with Gasteiger partial charge >= 0.3 is 0 Å². The molecule has 0 amide bonds. The monoisotopic (exact) mass is 251 g/mol. The van der Waals surface area contributed by atoms with Crippen molar-refractivity contribution in [3.8, 4) is 0 Å². The molecule has 1 saturated carbocycles. The molecule has 0 atom stereocenters. The van der Waals surface area contributed by atoms with Crippen LogP contribution < -0.4 is 0 Å². The highest BCUT2D eigenvalue weighted by Crippen LogP contribution is 2.29. The van der Waals surface area contributed by atoms with E-state index in [1.807, 2.05) is 0 Å². The maximum absolute atomic E-state index is 11.9. The van der Waals surface area contributed by atoms with Crippen LogP contribution >= 0.6 is 11.6 Å². The molecule has 1 aromatic carbocycles. The number of benzene rings is 1. The minimum Gasteiger partial charge on any atom is -0.306 e. The van der Waals surface area contributed by atoms with Crippen LogP contribution in [0.3, 0.4) is 0 Å². The van der Waals surface area contributed by atoms with E-state index in [2.05, 4.69) is 11.9 Å². The maximum atomic E-state index is 11.9. The Morgan fingerprint density at radius 2 is 2.00 bits per heavy atom. The first-order valence-corrected chi connectivity index (χ1v) is 6.50. The zero-order valence-corrected chi connectivity index (χ0v) is 10.9. The van der Waals surface area contributed by atoms with Gasteiger partial charge in [0, 0.05) is 30.1 Å². The van der Waals surface area contributed by atoms with Gasteiger partial charge in [-0.25, -0.2) is 0 Å². The molecule has 92 valence electrons. The Morgan fingerprint density at radius 1 is 1.35 bits per heavy atom. The van der Waals surface area contributed by atoms with Crippen molar-refractivity contribution in [1.82, 2.24) is 4.90 Å². The van der Waals surface area contributed by atoms with Crippen LogP contribution in [0.4, 0.5) is 0 Å². The number of hydrogen-bond acceptors (Lipinski definition) is 2. The lowest BCUT2D eigenvalue weighted by atomic mass is 10.1. The zero-order valence-electron chi connectivity index (χ0n) is 10.2. The van der Waals surface area contributed by atoms with Gasteiger partial charge in [-0.2, -0.15) is 0 Å². The first kappa shape index (κ1) is 12.6. The minimum absolute atomic E-state index is 0.198. The molecule has 0 N–H and O–H groups in total. The molecule has 17 heavy (non-hydrogen) atoms. The molecule has 2 nitrogen and oxygen atoms in total. The van der Waals surface area contributed by atoms with Gasteiger partial charge in [0.05, 0.1) is 0 Å². The summed E-state index contributed by atoms with van der Waals surface area (Å²) in [5, 5.41) is 0.674. The number of carbonyl (C=O) groups is 1. The molecule has 0 saturated heterocycles. The average molecular weight is 252 g/mol. The third-order valence-electron chi connectivity index (χ3n) is 3.15. The van der Waals surface area contributed by atoms with Crippen molar-refractivity contribution in [2.24, 2.45) is 5.92 Å². The molecule has 0 spiro atoms. The summed E-state index contributed by atoms with van der Waals surface area (Å²) in [6.45, 7) is 1.98. The molecule has 2 rings (SSSR count). The van der Waals surface area contributed by atoms with E-state index in [1.54, 1.807) is 24.3 Å².